The van der Waals surface area contributed by atoms with Gasteiger partial charge in [0, 0.05) is 35.4 Å². The van der Waals surface area contributed by atoms with Crippen LogP contribution in [0.3, 0.4) is 0 Å². The lowest BCUT2D eigenvalue weighted by atomic mass is 10.0. The van der Waals surface area contributed by atoms with Gasteiger partial charge in [0.2, 0.25) is 5.89 Å². The lowest BCUT2D eigenvalue weighted by molar-refractivity contribution is 0.0916. The summed E-state index contributed by atoms with van der Waals surface area (Å²) in [6.45, 7) is 3.52. The van der Waals surface area contributed by atoms with Gasteiger partial charge in [0.15, 0.2) is 0 Å². The van der Waals surface area contributed by atoms with Crippen molar-refractivity contribution in [2.45, 2.75) is 37.1 Å². The number of carbonyl (C=O) groups is 1. The van der Waals surface area contributed by atoms with Crippen LogP contribution in [-0.2, 0) is 6.42 Å². The number of fused-ring (bicyclic) bond motifs is 1. The van der Waals surface area contributed by atoms with Crippen molar-refractivity contribution < 1.29 is 23.1 Å². The Morgan fingerprint density at radius 1 is 1.26 bits per heavy atom. The van der Waals surface area contributed by atoms with E-state index in [-0.39, 0.29) is 13.0 Å². The summed E-state index contributed by atoms with van der Waals surface area (Å²) in [5, 5.41) is 12.6. The van der Waals surface area contributed by atoms with Crippen LogP contribution in [0.5, 0.6) is 0 Å². The highest BCUT2D eigenvalue weighted by Crippen LogP contribution is 2.42. The summed E-state index contributed by atoms with van der Waals surface area (Å²) >= 11 is 1.71. The molecule has 0 spiro atoms. The number of hydrogen-bond acceptors (Lipinski definition) is 6. The smallest absolute Gasteiger partial charge is 0.251 e. The summed E-state index contributed by atoms with van der Waals surface area (Å²) in [6, 6.07) is 6.07. The van der Waals surface area contributed by atoms with Gasteiger partial charge in [0.25, 0.3) is 5.91 Å². The molecule has 180 valence electrons. The van der Waals surface area contributed by atoms with Crippen molar-refractivity contribution in [2.24, 2.45) is 0 Å². The molecule has 34 heavy (non-hydrogen) atoms. The maximum absolute atomic E-state index is 13.6. The number of rotatable bonds is 9. The fourth-order valence-electron chi connectivity index (χ4n) is 4.05. The Hall–Kier alpha value is -2.91. The first-order valence-corrected chi connectivity index (χ1v) is 12.3. The van der Waals surface area contributed by atoms with E-state index in [1.165, 1.54) is 18.4 Å². The lowest BCUT2D eigenvalue weighted by Gasteiger charge is -2.32. The van der Waals surface area contributed by atoms with Crippen molar-refractivity contribution in [3.8, 4) is 11.5 Å². The molecule has 1 aliphatic rings. The average molecular weight is 488 g/mol. The largest absolute Gasteiger partial charge is 0.444 e. The molecule has 2 N–H and O–H groups in total. The van der Waals surface area contributed by atoms with Gasteiger partial charge in [-0.25, -0.2) is 13.8 Å². The molecule has 1 atom stereocenters. The molecule has 1 unspecified atom stereocenters. The minimum atomic E-state index is -0.708. The number of nitrogens with one attached hydrogen (secondary N) is 1. The van der Waals surface area contributed by atoms with Crippen molar-refractivity contribution in [1.29, 1.82) is 0 Å². The van der Waals surface area contributed by atoms with Gasteiger partial charge < -0.3 is 19.7 Å². The van der Waals surface area contributed by atoms with Crippen molar-refractivity contribution in [2.75, 3.05) is 30.3 Å². The Kier molecular flexibility index (Phi) is 7.84. The number of amides is 1. The van der Waals surface area contributed by atoms with E-state index in [0.29, 0.717) is 17.0 Å². The highest BCUT2D eigenvalue weighted by Gasteiger charge is 2.26. The summed E-state index contributed by atoms with van der Waals surface area (Å²) in [5.41, 5.74) is 2.45. The number of unbranched alkanes of at least 4 members (excludes halogenated alkanes) is 1. The van der Waals surface area contributed by atoms with Crippen LogP contribution in [0, 0.1) is 11.6 Å². The van der Waals surface area contributed by atoms with Crippen LogP contribution in [0.25, 0.3) is 11.5 Å². The third-order valence-electron chi connectivity index (χ3n) is 5.68. The third kappa shape index (κ3) is 5.59. The van der Waals surface area contributed by atoms with E-state index in [4.69, 9.17) is 4.42 Å². The van der Waals surface area contributed by atoms with Gasteiger partial charge in [-0.15, -0.1) is 11.8 Å². The van der Waals surface area contributed by atoms with Crippen molar-refractivity contribution in [1.82, 2.24) is 10.3 Å². The first-order chi connectivity index (χ1) is 16.5. The third-order valence-corrected chi connectivity index (χ3v) is 6.79. The van der Waals surface area contributed by atoms with E-state index in [2.05, 4.69) is 22.1 Å². The van der Waals surface area contributed by atoms with Crippen LogP contribution >= 0.6 is 11.8 Å². The Morgan fingerprint density at radius 2 is 2.06 bits per heavy atom. The zero-order valence-corrected chi connectivity index (χ0v) is 19.7. The van der Waals surface area contributed by atoms with Crippen LogP contribution < -0.4 is 10.2 Å². The highest BCUT2D eigenvalue weighted by atomic mass is 32.2. The molecule has 2 heterocycles. The number of benzene rings is 2. The molecule has 0 saturated heterocycles. The SMILES string of the molecule is CCCCN1CCSc2c(-c3ncco3)cc(C(=O)NC(CO)Cc3cc(F)cc(F)c3)cc21. The number of carbonyl (C=O) groups excluding carboxylic acids is 1. The number of aliphatic hydroxyl groups is 1. The van der Waals surface area contributed by atoms with Crippen LogP contribution in [0.1, 0.15) is 35.7 Å². The maximum atomic E-state index is 13.6. The number of halogens is 2. The molecule has 3 aromatic rings. The molecule has 0 aliphatic carbocycles. The van der Waals surface area contributed by atoms with Gasteiger partial charge >= 0.3 is 0 Å². The fraction of sp³-hybridized carbons (Fsp3) is 0.360. The molecule has 0 fully saturated rings. The highest BCUT2D eigenvalue weighted by molar-refractivity contribution is 7.99. The first-order valence-electron chi connectivity index (χ1n) is 11.3. The molecule has 0 radical (unpaired) electrons. The van der Waals surface area contributed by atoms with Gasteiger partial charge in [-0.05, 0) is 42.7 Å². The van der Waals surface area contributed by atoms with E-state index in [9.17, 15) is 18.7 Å². The molecule has 4 rings (SSSR count). The van der Waals surface area contributed by atoms with Crippen molar-refractivity contribution in [3.63, 3.8) is 0 Å². The Balaban J connectivity index is 1.63. The van der Waals surface area contributed by atoms with E-state index >= 15 is 0 Å². The van der Waals surface area contributed by atoms with E-state index in [1.54, 1.807) is 24.0 Å². The number of aliphatic hydroxyl groups excluding tert-OH is 1. The monoisotopic (exact) mass is 487 g/mol. The summed E-state index contributed by atoms with van der Waals surface area (Å²) in [6.07, 6.45) is 5.25. The standard InChI is InChI=1S/C25H27F2N3O3S/c1-2-3-5-30-6-8-34-23-21(25-28-4-7-33-25)12-17(13-22(23)30)24(32)29-20(15-31)11-16-9-18(26)14-19(27)10-16/h4,7,9-10,12-14,20,31H,2-3,5-6,8,11,15H2,1H3,(H,29,32). The maximum Gasteiger partial charge on any atom is 0.251 e. The number of oxazole rings is 1. The van der Waals surface area contributed by atoms with Crippen LogP contribution in [-0.4, -0.2) is 47.5 Å². The number of aromatic nitrogens is 1. The summed E-state index contributed by atoms with van der Waals surface area (Å²) in [5.74, 6) is -0.435. The molecule has 2 aromatic carbocycles. The normalized spacial score (nSPS) is 14.1. The predicted octanol–water partition coefficient (Wildman–Crippen LogP) is 4.67. The quantitative estimate of drug-likeness (QED) is 0.457. The second-order valence-corrected chi connectivity index (χ2v) is 9.34. The van der Waals surface area contributed by atoms with Gasteiger partial charge in [-0.3, -0.25) is 4.79 Å². The summed E-state index contributed by atoms with van der Waals surface area (Å²) in [7, 11) is 0. The zero-order valence-electron chi connectivity index (χ0n) is 18.9. The number of thioether (sulfide) groups is 1. The molecule has 0 saturated carbocycles. The number of hydrogen-bond donors (Lipinski definition) is 2. The predicted molar refractivity (Wildman–Crippen MR) is 128 cm³/mol. The summed E-state index contributed by atoms with van der Waals surface area (Å²) < 4.78 is 32.7. The summed E-state index contributed by atoms with van der Waals surface area (Å²) in [4.78, 5) is 20.8. The number of nitrogens with zero attached hydrogens (tertiary/aromatic N) is 2. The molecule has 0 bridgehead atoms. The van der Waals surface area contributed by atoms with Gasteiger partial charge in [0.1, 0.15) is 17.9 Å². The number of anilines is 1. The second-order valence-electron chi connectivity index (χ2n) is 8.23. The van der Waals surface area contributed by atoms with Gasteiger partial charge in [0.05, 0.1) is 30.1 Å². The molecule has 1 aromatic heterocycles. The molecule has 1 amide bonds. The molecular formula is C25H27F2N3O3S. The van der Waals surface area contributed by atoms with Crippen LogP contribution in [0.4, 0.5) is 14.5 Å². The second kappa shape index (κ2) is 11.0. The first kappa shape index (κ1) is 24.2. The topological polar surface area (TPSA) is 78.6 Å². The van der Waals surface area contributed by atoms with Gasteiger partial charge in [-0.1, -0.05) is 13.3 Å². The minimum absolute atomic E-state index is 0.0902. The average Bonchev–Trinajstić information content (AvgIpc) is 3.35. The van der Waals surface area contributed by atoms with E-state index in [0.717, 1.165) is 53.9 Å². The van der Waals surface area contributed by atoms with Crippen LogP contribution in [0.2, 0.25) is 0 Å². The van der Waals surface area contributed by atoms with Crippen molar-refractivity contribution in [3.05, 3.63) is 65.6 Å². The minimum Gasteiger partial charge on any atom is -0.444 e. The van der Waals surface area contributed by atoms with Crippen molar-refractivity contribution >= 4 is 23.4 Å². The molecular weight excluding hydrogens is 460 g/mol. The Morgan fingerprint density at radius 3 is 2.74 bits per heavy atom. The molecule has 6 nitrogen and oxygen atoms in total. The van der Waals surface area contributed by atoms with Gasteiger partial charge in [-0.2, -0.15) is 0 Å². The van der Waals surface area contributed by atoms with E-state index in [1.807, 2.05) is 6.07 Å². The molecule has 1 aliphatic heterocycles. The Labute approximate surface area is 201 Å². The van der Waals surface area contributed by atoms with E-state index < -0.39 is 23.6 Å². The zero-order chi connectivity index (χ0) is 24.1. The Bertz CT molecular complexity index is 1120. The molecule has 9 heteroatoms. The lowest BCUT2D eigenvalue weighted by Crippen LogP contribution is -2.39. The van der Waals surface area contributed by atoms with Crippen LogP contribution in [0.15, 0.2) is 52.1 Å². The fourth-order valence-corrected chi connectivity index (χ4v) is 5.20.